The van der Waals surface area contributed by atoms with Gasteiger partial charge in [0.1, 0.15) is 0 Å². The van der Waals surface area contributed by atoms with Crippen LogP contribution in [0.1, 0.15) is 38.7 Å². The number of piperidine rings is 1. The fourth-order valence-electron chi connectivity index (χ4n) is 2.85. The van der Waals surface area contributed by atoms with Crippen molar-refractivity contribution in [2.75, 3.05) is 13.1 Å². The Kier molecular flexibility index (Phi) is 4.25. The lowest BCUT2D eigenvalue weighted by atomic mass is 9.82. The molecule has 0 aromatic heterocycles. The lowest BCUT2D eigenvalue weighted by molar-refractivity contribution is -0.139. The van der Waals surface area contributed by atoms with Crippen LogP contribution >= 0.6 is 0 Å². The molecule has 0 bridgehead atoms. The highest BCUT2D eigenvalue weighted by molar-refractivity contribution is 5.87. The molecule has 3 nitrogen and oxygen atoms in total. The monoisotopic (exact) mass is 260 g/mol. The summed E-state index contributed by atoms with van der Waals surface area (Å²) < 4.78 is 0. The van der Waals surface area contributed by atoms with Crippen LogP contribution in [0.5, 0.6) is 0 Å². The van der Waals surface area contributed by atoms with Crippen molar-refractivity contribution in [3.8, 4) is 0 Å². The van der Waals surface area contributed by atoms with E-state index in [0.29, 0.717) is 6.54 Å². The summed E-state index contributed by atoms with van der Waals surface area (Å²) in [5.41, 5.74) is 6.41. The van der Waals surface area contributed by atoms with Crippen molar-refractivity contribution in [2.45, 2.75) is 44.6 Å². The number of carbonyl (C=O) groups excluding carboxylic acids is 1. The molecule has 1 aliphatic heterocycles. The number of amides is 1. The van der Waals surface area contributed by atoms with E-state index in [1.54, 1.807) is 0 Å². The molecule has 3 heteroatoms. The molecule has 0 saturated carbocycles. The predicted octanol–water partition coefficient (Wildman–Crippen LogP) is 2.30. The Morgan fingerprint density at radius 1 is 1.32 bits per heavy atom. The standard InChI is InChI=1S/C16H24N2O/c1-16(2,13-8-4-3-5-9-13)15(19)18-11-7-6-10-14(18)12-17/h3-5,8-9,14H,6-7,10-12,17H2,1-2H3. The Morgan fingerprint density at radius 3 is 2.63 bits per heavy atom. The van der Waals surface area contributed by atoms with E-state index in [1.807, 2.05) is 49.1 Å². The number of nitrogens with two attached hydrogens (primary N) is 1. The first kappa shape index (κ1) is 14.1. The Labute approximate surface area is 115 Å². The van der Waals surface area contributed by atoms with Crippen LogP contribution < -0.4 is 5.73 Å². The Morgan fingerprint density at radius 2 is 2.00 bits per heavy atom. The van der Waals surface area contributed by atoms with Crippen molar-refractivity contribution in [1.29, 1.82) is 0 Å². The average Bonchev–Trinajstić information content (AvgIpc) is 2.47. The topological polar surface area (TPSA) is 46.3 Å². The summed E-state index contributed by atoms with van der Waals surface area (Å²) in [6, 6.07) is 10.2. The van der Waals surface area contributed by atoms with E-state index in [1.165, 1.54) is 6.42 Å². The summed E-state index contributed by atoms with van der Waals surface area (Å²) >= 11 is 0. The first-order chi connectivity index (χ1) is 9.07. The van der Waals surface area contributed by atoms with E-state index in [4.69, 9.17) is 5.73 Å². The van der Waals surface area contributed by atoms with Crippen LogP contribution in [0.4, 0.5) is 0 Å². The SMILES string of the molecule is CC(C)(C(=O)N1CCCCC1CN)c1ccccc1. The molecule has 1 aromatic carbocycles. The Bertz CT molecular complexity index is 428. The fourth-order valence-corrected chi connectivity index (χ4v) is 2.85. The zero-order chi connectivity index (χ0) is 13.9. The third-order valence-corrected chi connectivity index (χ3v) is 4.19. The normalized spacial score (nSPS) is 20.4. The van der Waals surface area contributed by atoms with E-state index in [0.717, 1.165) is 24.9 Å². The van der Waals surface area contributed by atoms with Crippen molar-refractivity contribution in [3.05, 3.63) is 35.9 Å². The number of hydrogen-bond donors (Lipinski definition) is 1. The summed E-state index contributed by atoms with van der Waals surface area (Å²) in [6.45, 7) is 5.42. The molecule has 2 N–H and O–H groups in total. The van der Waals surface area contributed by atoms with Gasteiger partial charge in [0.05, 0.1) is 5.41 Å². The molecule has 1 aromatic rings. The summed E-state index contributed by atoms with van der Waals surface area (Å²) in [6.07, 6.45) is 3.30. The van der Waals surface area contributed by atoms with Gasteiger partial charge in [-0.2, -0.15) is 0 Å². The maximum absolute atomic E-state index is 12.9. The third-order valence-electron chi connectivity index (χ3n) is 4.19. The van der Waals surface area contributed by atoms with Gasteiger partial charge < -0.3 is 10.6 Å². The molecule has 0 aliphatic carbocycles. The molecule has 1 saturated heterocycles. The van der Waals surface area contributed by atoms with Gasteiger partial charge in [0.2, 0.25) is 5.91 Å². The third kappa shape index (κ3) is 2.81. The Hall–Kier alpha value is -1.35. The van der Waals surface area contributed by atoms with Gasteiger partial charge in [-0.15, -0.1) is 0 Å². The Balaban J connectivity index is 2.22. The molecule has 1 amide bonds. The number of rotatable bonds is 3. The highest BCUT2D eigenvalue weighted by Gasteiger charge is 2.37. The summed E-state index contributed by atoms with van der Waals surface area (Å²) in [5, 5.41) is 0. The van der Waals surface area contributed by atoms with Crippen molar-refractivity contribution >= 4 is 5.91 Å². The smallest absolute Gasteiger partial charge is 0.232 e. The molecule has 0 radical (unpaired) electrons. The van der Waals surface area contributed by atoms with E-state index in [-0.39, 0.29) is 11.9 Å². The first-order valence-corrected chi connectivity index (χ1v) is 7.14. The minimum atomic E-state index is -0.480. The zero-order valence-electron chi connectivity index (χ0n) is 11.9. The van der Waals surface area contributed by atoms with E-state index in [2.05, 4.69) is 0 Å². The van der Waals surface area contributed by atoms with Crippen LogP contribution in [0.3, 0.4) is 0 Å². The predicted molar refractivity (Wildman–Crippen MR) is 77.9 cm³/mol. The lowest BCUT2D eigenvalue weighted by Crippen LogP contribution is -2.53. The molecule has 1 fully saturated rings. The maximum Gasteiger partial charge on any atom is 0.232 e. The van der Waals surface area contributed by atoms with Crippen LogP contribution in [-0.4, -0.2) is 29.9 Å². The van der Waals surface area contributed by atoms with Crippen LogP contribution in [0.2, 0.25) is 0 Å². The second-order valence-electron chi connectivity index (χ2n) is 5.87. The van der Waals surface area contributed by atoms with E-state index in [9.17, 15) is 4.79 Å². The van der Waals surface area contributed by atoms with Gasteiger partial charge in [0.25, 0.3) is 0 Å². The molecule has 1 heterocycles. The van der Waals surface area contributed by atoms with Crippen LogP contribution in [-0.2, 0) is 10.2 Å². The number of carbonyl (C=O) groups is 1. The average molecular weight is 260 g/mol. The minimum absolute atomic E-state index is 0.203. The molecule has 1 aliphatic rings. The van der Waals surface area contributed by atoms with Gasteiger partial charge in [-0.1, -0.05) is 30.3 Å². The minimum Gasteiger partial charge on any atom is -0.338 e. The fraction of sp³-hybridized carbons (Fsp3) is 0.562. The molecular formula is C16H24N2O. The summed E-state index contributed by atoms with van der Waals surface area (Å²) in [5.74, 6) is 0.203. The van der Waals surface area contributed by atoms with Gasteiger partial charge in [0.15, 0.2) is 0 Å². The van der Waals surface area contributed by atoms with Gasteiger partial charge in [0, 0.05) is 19.1 Å². The molecule has 1 atom stereocenters. The van der Waals surface area contributed by atoms with Gasteiger partial charge in [-0.3, -0.25) is 4.79 Å². The van der Waals surface area contributed by atoms with Crippen molar-refractivity contribution < 1.29 is 4.79 Å². The highest BCUT2D eigenvalue weighted by Crippen LogP contribution is 2.28. The zero-order valence-corrected chi connectivity index (χ0v) is 11.9. The van der Waals surface area contributed by atoms with Crippen LogP contribution in [0, 0.1) is 0 Å². The van der Waals surface area contributed by atoms with Gasteiger partial charge in [-0.25, -0.2) is 0 Å². The molecule has 1 unspecified atom stereocenters. The largest absolute Gasteiger partial charge is 0.338 e. The van der Waals surface area contributed by atoms with Crippen molar-refractivity contribution in [2.24, 2.45) is 5.73 Å². The van der Waals surface area contributed by atoms with E-state index >= 15 is 0 Å². The molecule has 104 valence electrons. The second-order valence-corrected chi connectivity index (χ2v) is 5.87. The van der Waals surface area contributed by atoms with E-state index < -0.39 is 5.41 Å². The lowest BCUT2D eigenvalue weighted by Gasteiger charge is -2.40. The van der Waals surface area contributed by atoms with Crippen molar-refractivity contribution in [3.63, 3.8) is 0 Å². The van der Waals surface area contributed by atoms with Gasteiger partial charge >= 0.3 is 0 Å². The molecule has 19 heavy (non-hydrogen) atoms. The van der Waals surface area contributed by atoms with Crippen LogP contribution in [0.25, 0.3) is 0 Å². The highest BCUT2D eigenvalue weighted by atomic mass is 16.2. The number of benzene rings is 1. The molecular weight excluding hydrogens is 236 g/mol. The molecule has 0 spiro atoms. The quantitative estimate of drug-likeness (QED) is 0.906. The second kappa shape index (κ2) is 5.74. The maximum atomic E-state index is 12.9. The first-order valence-electron chi connectivity index (χ1n) is 7.14. The number of likely N-dealkylation sites (tertiary alicyclic amines) is 1. The number of nitrogens with zero attached hydrogens (tertiary/aromatic N) is 1. The van der Waals surface area contributed by atoms with Crippen LogP contribution in [0.15, 0.2) is 30.3 Å². The summed E-state index contributed by atoms with van der Waals surface area (Å²) in [7, 11) is 0. The molecule has 2 rings (SSSR count). The van der Waals surface area contributed by atoms with Gasteiger partial charge in [-0.05, 0) is 38.7 Å². The summed E-state index contributed by atoms with van der Waals surface area (Å²) in [4.78, 5) is 14.9. The number of hydrogen-bond acceptors (Lipinski definition) is 2. The van der Waals surface area contributed by atoms with Crippen molar-refractivity contribution in [1.82, 2.24) is 4.90 Å².